The summed E-state index contributed by atoms with van der Waals surface area (Å²) in [7, 11) is 4.45. The van der Waals surface area contributed by atoms with Gasteiger partial charge in [-0.25, -0.2) is 4.79 Å². The normalized spacial score (nSPS) is 31.3. The zero-order chi connectivity index (χ0) is 29.3. The molecule has 2 rings (SSSR count). The molecule has 2 bridgehead atoms. The monoisotopic (exact) mass is 544 g/mol. The van der Waals surface area contributed by atoms with Crippen molar-refractivity contribution in [2.45, 2.75) is 65.3 Å². The van der Waals surface area contributed by atoms with Crippen LogP contribution in [-0.2, 0) is 33.3 Å². The number of Topliss-reactive ketones (excluding diaryl/α,β-unsaturated/α-hetero) is 1. The average Bonchev–Trinajstić information content (AvgIpc) is 2.87. The molecule has 0 fully saturated rings. The predicted molar refractivity (Wildman–Crippen MR) is 145 cm³/mol. The van der Waals surface area contributed by atoms with Gasteiger partial charge in [-0.1, -0.05) is 38.2 Å². The predicted octanol–water partition coefficient (Wildman–Crippen LogP) is 3.44. The molecule has 214 valence electrons. The van der Waals surface area contributed by atoms with E-state index < -0.39 is 35.8 Å². The maximum Gasteiger partial charge on any atom is 0.405 e. The molecule has 1 aliphatic carbocycles. The Morgan fingerprint density at radius 2 is 1.74 bits per heavy atom. The van der Waals surface area contributed by atoms with Crippen LogP contribution in [0.1, 0.15) is 47.0 Å². The molecule has 2 amide bonds. The molecule has 10 heteroatoms. The number of hydrogen-bond acceptors (Lipinski definition) is 8. The zero-order valence-corrected chi connectivity index (χ0v) is 23.7. The lowest BCUT2D eigenvalue weighted by molar-refractivity contribution is -0.120. The van der Waals surface area contributed by atoms with Crippen LogP contribution in [0.5, 0.6) is 0 Å². The van der Waals surface area contributed by atoms with Gasteiger partial charge in [0.05, 0.1) is 18.9 Å². The second-order valence-corrected chi connectivity index (χ2v) is 10.0. The van der Waals surface area contributed by atoms with Crippen molar-refractivity contribution < 1.29 is 38.1 Å². The first-order valence-corrected chi connectivity index (χ1v) is 12.9. The molecule has 0 saturated heterocycles. The zero-order valence-electron chi connectivity index (χ0n) is 23.7. The summed E-state index contributed by atoms with van der Waals surface area (Å²) in [6.07, 6.45) is 6.78. The first-order chi connectivity index (χ1) is 18.4. The number of ether oxygens (including phenoxy) is 4. The Balaban J connectivity index is 2.55. The molecule has 5 atom stereocenters. The molecule has 0 spiro atoms. The van der Waals surface area contributed by atoms with Crippen LogP contribution >= 0.6 is 0 Å². The van der Waals surface area contributed by atoms with Crippen LogP contribution in [0, 0.1) is 11.8 Å². The molecule has 3 N–H and O–H groups in total. The molecule has 0 radical (unpaired) electrons. The van der Waals surface area contributed by atoms with Crippen LogP contribution in [0.4, 0.5) is 4.79 Å². The van der Waals surface area contributed by atoms with Gasteiger partial charge < -0.3 is 30.0 Å². The minimum Gasteiger partial charge on any atom is -0.492 e. The number of nitrogens with two attached hydrogens (primary N) is 1. The Hall–Kier alpha value is -3.50. The van der Waals surface area contributed by atoms with Gasteiger partial charge >= 0.3 is 6.09 Å². The van der Waals surface area contributed by atoms with E-state index in [-0.39, 0.29) is 47.0 Å². The van der Waals surface area contributed by atoms with Gasteiger partial charge in [-0.15, -0.1) is 0 Å². The van der Waals surface area contributed by atoms with E-state index in [4.69, 9.17) is 24.7 Å². The molecular formula is C29H40N2O8. The number of nitrogens with one attached hydrogen (secondary N) is 1. The first-order valence-electron chi connectivity index (χ1n) is 12.9. The Kier molecular flexibility index (Phi) is 11.9. The SMILES string of the molecule is COC1=C2C[C@@H](C)C[C@H](OC)C[C@@H](C)/C=C(\C)[C@H](OC(N)=O)[C@@H](OC)/C=C\C=C(/C)C(=O)NC(=CC1=O)C2=O. The molecular weight excluding hydrogens is 504 g/mol. The highest BCUT2D eigenvalue weighted by Crippen LogP contribution is 2.29. The molecule has 10 nitrogen and oxygen atoms in total. The summed E-state index contributed by atoms with van der Waals surface area (Å²) in [6.45, 7) is 7.39. The van der Waals surface area contributed by atoms with Crippen molar-refractivity contribution >= 4 is 23.6 Å². The summed E-state index contributed by atoms with van der Waals surface area (Å²) in [5.74, 6) is -1.52. The van der Waals surface area contributed by atoms with Gasteiger partial charge in [0, 0.05) is 31.4 Å². The van der Waals surface area contributed by atoms with Crippen LogP contribution in [-0.4, -0.2) is 63.2 Å². The van der Waals surface area contributed by atoms with Gasteiger partial charge in [-0.3, -0.25) is 14.4 Å². The van der Waals surface area contributed by atoms with Gasteiger partial charge in [-0.2, -0.15) is 0 Å². The Morgan fingerprint density at radius 3 is 2.33 bits per heavy atom. The quantitative estimate of drug-likeness (QED) is 0.405. The molecule has 0 aromatic carbocycles. The fourth-order valence-corrected chi connectivity index (χ4v) is 4.83. The molecule has 0 unspecified atom stereocenters. The molecule has 2 aliphatic rings. The number of allylic oxidation sites excluding steroid dienone is 5. The highest BCUT2D eigenvalue weighted by molar-refractivity contribution is 6.23. The number of fused-ring (bicyclic) bond motifs is 2. The summed E-state index contributed by atoms with van der Waals surface area (Å²) in [4.78, 5) is 50.6. The maximum absolute atomic E-state index is 13.3. The first kappa shape index (κ1) is 31.7. The second-order valence-electron chi connectivity index (χ2n) is 10.0. The van der Waals surface area contributed by atoms with Crippen molar-refractivity contribution in [2.24, 2.45) is 17.6 Å². The van der Waals surface area contributed by atoms with Crippen LogP contribution in [0.25, 0.3) is 0 Å². The molecule has 0 saturated carbocycles. The summed E-state index contributed by atoms with van der Waals surface area (Å²) in [5, 5.41) is 2.55. The molecule has 0 aromatic heterocycles. The number of carbonyl (C=O) groups is 4. The minimum atomic E-state index is -0.938. The summed E-state index contributed by atoms with van der Waals surface area (Å²) in [5.41, 5.74) is 6.48. The van der Waals surface area contributed by atoms with Crippen molar-refractivity contribution in [1.29, 1.82) is 0 Å². The molecule has 1 aliphatic heterocycles. The van der Waals surface area contributed by atoms with Gasteiger partial charge in [0.15, 0.2) is 11.9 Å². The summed E-state index contributed by atoms with van der Waals surface area (Å²) >= 11 is 0. The number of amides is 2. The van der Waals surface area contributed by atoms with Gasteiger partial charge in [0.1, 0.15) is 6.10 Å². The lowest BCUT2D eigenvalue weighted by atomic mass is 9.86. The molecule has 1 heterocycles. The van der Waals surface area contributed by atoms with Crippen molar-refractivity contribution in [2.75, 3.05) is 21.3 Å². The van der Waals surface area contributed by atoms with Crippen molar-refractivity contribution in [3.05, 3.63) is 58.6 Å². The topological polar surface area (TPSA) is 143 Å². The molecule has 0 aromatic rings. The van der Waals surface area contributed by atoms with Gasteiger partial charge in [0.25, 0.3) is 5.91 Å². The third kappa shape index (κ3) is 8.76. The number of ketones is 2. The Labute approximate surface area is 229 Å². The highest BCUT2D eigenvalue weighted by Gasteiger charge is 2.32. The van der Waals surface area contributed by atoms with Crippen LogP contribution in [0.3, 0.4) is 0 Å². The van der Waals surface area contributed by atoms with E-state index >= 15 is 0 Å². The fraction of sp³-hybridized carbons (Fsp3) is 0.517. The highest BCUT2D eigenvalue weighted by atomic mass is 16.6. The van der Waals surface area contributed by atoms with Crippen LogP contribution < -0.4 is 11.1 Å². The fourth-order valence-electron chi connectivity index (χ4n) is 4.83. The number of hydrogen-bond donors (Lipinski definition) is 2. The van der Waals surface area contributed by atoms with E-state index in [1.807, 2.05) is 26.8 Å². The number of carbonyl (C=O) groups excluding carboxylic acids is 4. The number of methoxy groups -OCH3 is 3. The van der Waals surface area contributed by atoms with Gasteiger partial charge in [-0.05, 0) is 50.5 Å². The standard InChI is InChI=1S/C29H40N2O8/c1-16-11-19(4)26(39-29(30)35)24(37-6)10-8-9-18(3)28(34)31-22-15-23(32)27(38-7)21(25(22)33)14-17(2)13-20(12-16)36-5/h8-11,15-17,20,24,26H,12-14H2,1-7H3,(H2,30,35)(H,31,34)/b10-8-,18-9+,19-11+/t16-,17-,20+,24-,26-/m0/s1. The average molecular weight is 545 g/mol. The van der Waals surface area contributed by atoms with E-state index in [1.165, 1.54) is 20.3 Å². The van der Waals surface area contributed by atoms with Gasteiger partial charge in [0.2, 0.25) is 11.6 Å². The van der Waals surface area contributed by atoms with Crippen molar-refractivity contribution in [3.8, 4) is 0 Å². The minimum absolute atomic E-state index is 0.0158. The van der Waals surface area contributed by atoms with Crippen LogP contribution in [0.2, 0.25) is 0 Å². The number of rotatable bonds is 4. The smallest absolute Gasteiger partial charge is 0.405 e. The summed E-state index contributed by atoms with van der Waals surface area (Å²) < 4.78 is 22.0. The Bertz CT molecular complexity index is 1110. The van der Waals surface area contributed by atoms with E-state index in [0.717, 1.165) is 11.6 Å². The maximum atomic E-state index is 13.3. The second kappa shape index (κ2) is 14.6. The molecule has 39 heavy (non-hydrogen) atoms. The lowest BCUT2D eigenvalue weighted by Gasteiger charge is -2.26. The van der Waals surface area contributed by atoms with E-state index in [1.54, 1.807) is 26.2 Å². The third-order valence-electron chi connectivity index (χ3n) is 6.75. The third-order valence-corrected chi connectivity index (χ3v) is 6.75. The van der Waals surface area contributed by atoms with E-state index in [0.29, 0.717) is 12.8 Å². The lowest BCUT2D eigenvalue weighted by Crippen LogP contribution is -2.34. The Morgan fingerprint density at radius 1 is 1.05 bits per heavy atom. The number of primary amides is 1. The largest absolute Gasteiger partial charge is 0.492 e. The van der Waals surface area contributed by atoms with E-state index in [9.17, 15) is 19.2 Å². The summed E-state index contributed by atoms with van der Waals surface area (Å²) in [6, 6.07) is 0. The van der Waals surface area contributed by atoms with Crippen molar-refractivity contribution in [1.82, 2.24) is 5.32 Å². The van der Waals surface area contributed by atoms with E-state index in [2.05, 4.69) is 5.32 Å². The van der Waals surface area contributed by atoms with Crippen molar-refractivity contribution in [3.63, 3.8) is 0 Å². The van der Waals surface area contributed by atoms with Crippen LogP contribution in [0.15, 0.2) is 58.6 Å².